The van der Waals surface area contributed by atoms with Crippen molar-refractivity contribution in [2.75, 3.05) is 20.3 Å². The van der Waals surface area contributed by atoms with Crippen LogP contribution in [-0.2, 0) is 10.3 Å². The summed E-state index contributed by atoms with van der Waals surface area (Å²) in [5.74, 6) is 1.20. The lowest BCUT2D eigenvalue weighted by Gasteiger charge is -2.37. The van der Waals surface area contributed by atoms with E-state index in [2.05, 4.69) is 13.8 Å². The molecule has 0 atom stereocenters. The first kappa shape index (κ1) is 11.4. The summed E-state index contributed by atoms with van der Waals surface area (Å²) < 4.78 is 10.4. The first-order chi connectivity index (χ1) is 7.57. The average molecular weight is 222 g/mol. The third kappa shape index (κ3) is 1.81. The van der Waals surface area contributed by atoms with Gasteiger partial charge in [0.15, 0.2) is 0 Å². The number of methoxy groups -OCH3 is 1. The third-order valence-electron chi connectivity index (χ3n) is 3.08. The quantitative estimate of drug-likeness (QED) is 0.850. The molecule has 1 aliphatic rings. The van der Waals surface area contributed by atoms with Crippen LogP contribution in [0.4, 0.5) is 0 Å². The van der Waals surface area contributed by atoms with Gasteiger partial charge in [-0.25, -0.2) is 0 Å². The predicted octanol–water partition coefficient (Wildman–Crippen LogP) is 2.04. The predicted molar refractivity (Wildman–Crippen MR) is 61.8 cm³/mol. The molecule has 1 fully saturated rings. The van der Waals surface area contributed by atoms with Crippen LogP contribution in [0, 0.1) is 0 Å². The molecule has 0 bridgehead atoms. The minimum Gasteiger partial charge on any atom is -0.496 e. The molecule has 0 radical (unpaired) electrons. The zero-order chi connectivity index (χ0) is 11.8. The van der Waals surface area contributed by atoms with Crippen LogP contribution in [0.2, 0.25) is 0 Å². The van der Waals surface area contributed by atoms with Gasteiger partial charge in [0.1, 0.15) is 11.4 Å². The summed E-state index contributed by atoms with van der Waals surface area (Å²) in [7, 11) is 1.63. The average Bonchev–Trinajstić information content (AvgIpc) is 2.25. The van der Waals surface area contributed by atoms with Crippen molar-refractivity contribution in [3.05, 3.63) is 29.3 Å². The lowest BCUT2D eigenvalue weighted by Crippen LogP contribution is -2.46. The SMILES string of the molecule is COc1cc(C(C)C)ccc1C1(O)COC1. The minimum atomic E-state index is -0.860. The van der Waals surface area contributed by atoms with E-state index in [1.165, 1.54) is 5.56 Å². The van der Waals surface area contributed by atoms with Crippen molar-refractivity contribution < 1.29 is 14.6 Å². The molecule has 1 N–H and O–H groups in total. The molecule has 1 aromatic rings. The van der Waals surface area contributed by atoms with E-state index >= 15 is 0 Å². The van der Waals surface area contributed by atoms with Gasteiger partial charge >= 0.3 is 0 Å². The summed E-state index contributed by atoms with van der Waals surface area (Å²) in [6, 6.07) is 5.98. The number of ether oxygens (including phenoxy) is 2. The topological polar surface area (TPSA) is 38.7 Å². The maximum Gasteiger partial charge on any atom is 0.140 e. The summed E-state index contributed by atoms with van der Waals surface area (Å²) in [6.45, 7) is 4.97. The van der Waals surface area contributed by atoms with Gasteiger partial charge < -0.3 is 14.6 Å². The highest BCUT2D eigenvalue weighted by Gasteiger charge is 2.40. The molecule has 1 aromatic carbocycles. The fourth-order valence-electron chi connectivity index (χ4n) is 1.90. The summed E-state index contributed by atoms with van der Waals surface area (Å²) in [6.07, 6.45) is 0. The van der Waals surface area contributed by atoms with Crippen molar-refractivity contribution in [1.82, 2.24) is 0 Å². The second-order valence-corrected chi connectivity index (χ2v) is 4.64. The van der Waals surface area contributed by atoms with Crippen LogP contribution < -0.4 is 4.74 Å². The number of aliphatic hydroxyl groups is 1. The molecule has 3 nitrogen and oxygen atoms in total. The normalized spacial score (nSPS) is 18.3. The Morgan fingerprint density at radius 2 is 2.06 bits per heavy atom. The minimum absolute atomic E-state index is 0.352. The standard InChI is InChI=1S/C13H18O3/c1-9(2)10-4-5-11(12(6-10)15-3)13(14)7-16-8-13/h4-6,9,14H,7-8H2,1-3H3. The molecule has 1 heterocycles. The van der Waals surface area contributed by atoms with Gasteiger partial charge in [0, 0.05) is 5.56 Å². The molecule has 0 aromatic heterocycles. The molecule has 2 rings (SSSR count). The van der Waals surface area contributed by atoms with Crippen molar-refractivity contribution in [2.45, 2.75) is 25.4 Å². The highest BCUT2D eigenvalue weighted by molar-refractivity contribution is 5.43. The zero-order valence-corrected chi connectivity index (χ0v) is 9.99. The summed E-state index contributed by atoms with van der Waals surface area (Å²) in [5, 5.41) is 10.2. The first-order valence-electron chi connectivity index (χ1n) is 5.55. The van der Waals surface area contributed by atoms with Crippen LogP contribution in [-0.4, -0.2) is 25.4 Å². The van der Waals surface area contributed by atoms with E-state index in [1.54, 1.807) is 7.11 Å². The van der Waals surface area contributed by atoms with E-state index in [-0.39, 0.29) is 0 Å². The molecular formula is C13H18O3. The molecule has 0 spiro atoms. The summed E-state index contributed by atoms with van der Waals surface area (Å²) in [4.78, 5) is 0. The molecule has 0 saturated carbocycles. The van der Waals surface area contributed by atoms with Gasteiger partial charge in [-0.3, -0.25) is 0 Å². The van der Waals surface area contributed by atoms with E-state index in [1.807, 2.05) is 18.2 Å². The van der Waals surface area contributed by atoms with Crippen LogP contribution in [0.3, 0.4) is 0 Å². The monoisotopic (exact) mass is 222 g/mol. The van der Waals surface area contributed by atoms with Crippen LogP contribution >= 0.6 is 0 Å². The Morgan fingerprint density at radius 1 is 1.38 bits per heavy atom. The van der Waals surface area contributed by atoms with E-state index in [4.69, 9.17) is 9.47 Å². The molecule has 1 aliphatic heterocycles. The molecule has 1 saturated heterocycles. The molecule has 0 aliphatic carbocycles. The van der Waals surface area contributed by atoms with Crippen molar-refractivity contribution >= 4 is 0 Å². The van der Waals surface area contributed by atoms with Crippen molar-refractivity contribution in [3.63, 3.8) is 0 Å². The van der Waals surface area contributed by atoms with Gasteiger partial charge in [0.25, 0.3) is 0 Å². The van der Waals surface area contributed by atoms with E-state index in [0.717, 1.165) is 11.3 Å². The van der Waals surface area contributed by atoms with Gasteiger partial charge in [-0.1, -0.05) is 26.0 Å². The fraction of sp³-hybridized carbons (Fsp3) is 0.538. The lowest BCUT2D eigenvalue weighted by molar-refractivity contribution is -0.185. The van der Waals surface area contributed by atoms with E-state index < -0.39 is 5.60 Å². The van der Waals surface area contributed by atoms with Crippen LogP contribution in [0.1, 0.15) is 30.9 Å². The third-order valence-corrected chi connectivity index (χ3v) is 3.08. The lowest BCUT2D eigenvalue weighted by atomic mass is 9.89. The molecular weight excluding hydrogens is 204 g/mol. The highest BCUT2D eigenvalue weighted by atomic mass is 16.5. The molecule has 3 heteroatoms. The smallest absolute Gasteiger partial charge is 0.140 e. The second kappa shape index (κ2) is 4.07. The van der Waals surface area contributed by atoms with Gasteiger partial charge in [-0.15, -0.1) is 0 Å². The zero-order valence-electron chi connectivity index (χ0n) is 9.99. The number of benzene rings is 1. The molecule has 0 unspecified atom stereocenters. The van der Waals surface area contributed by atoms with Crippen LogP contribution in [0.25, 0.3) is 0 Å². The van der Waals surface area contributed by atoms with Gasteiger partial charge in [-0.2, -0.15) is 0 Å². The van der Waals surface area contributed by atoms with Crippen LogP contribution in [0.15, 0.2) is 18.2 Å². The van der Waals surface area contributed by atoms with Gasteiger partial charge in [0.05, 0.1) is 20.3 Å². The Hall–Kier alpha value is -1.06. The number of rotatable bonds is 3. The maximum atomic E-state index is 10.2. The number of hydrogen-bond acceptors (Lipinski definition) is 3. The van der Waals surface area contributed by atoms with E-state index in [0.29, 0.717) is 19.1 Å². The maximum absolute atomic E-state index is 10.2. The van der Waals surface area contributed by atoms with Gasteiger partial charge in [0.2, 0.25) is 0 Å². The summed E-state index contributed by atoms with van der Waals surface area (Å²) in [5.41, 5.74) is 1.18. The summed E-state index contributed by atoms with van der Waals surface area (Å²) >= 11 is 0. The largest absolute Gasteiger partial charge is 0.496 e. The van der Waals surface area contributed by atoms with Crippen molar-refractivity contribution in [1.29, 1.82) is 0 Å². The van der Waals surface area contributed by atoms with Crippen molar-refractivity contribution in [2.24, 2.45) is 0 Å². The Labute approximate surface area is 96.0 Å². The second-order valence-electron chi connectivity index (χ2n) is 4.64. The van der Waals surface area contributed by atoms with Gasteiger partial charge in [-0.05, 0) is 17.5 Å². The molecule has 0 amide bonds. The van der Waals surface area contributed by atoms with Crippen LogP contribution in [0.5, 0.6) is 5.75 Å². The first-order valence-corrected chi connectivity index (χ1v) is 5.55. The number of hydrogen-bond donors (Lipinski definition) is 1. The Balaban J connectivity index is 2.39. The molecule has 16 heavy (non-hydrogen) atoms. The van der Waals surface area contributed by atoms with Crippen molar-refractivity contribution in [3.8, 4) is 5.75 Å². The Bertz CT molecular complexity index is 381. The Morgan fingerprint density at radius 3 is 2.50 bits per heavy atom. The van der Waals surface area contributed by atoms with E-state index in [9.17, 15) is 5.11 Å². The Kier molecular flexibility index (Phi) is 2.91. The fourth-order valence-corrected chi connectivity index (χ4v) is 1.90. The highest BCUT2D eigenvalue weighted by Crippen LogP contribution is 2.37. The molecule has 88 valence electrons.